The van der Waals surface area contributed by atoms with Crippen LogP contribution in [0.2, 0.25) is 18.1 Å². The number of aliphatic hydroxyl groups excluding tert-OH is 1. The average Bonchev–Trinajstić information content (AvgIpc) is 2.00. The van der Waals surface area contributed by atoms with E-state index < -0.39 is 8.80 Å². The van der Waals surface area contributed by atoms with Crippen LogP contribution in [0.4, 0.5) is 0 Å². The maximum Gasteiger partial charge on any atom is 0.0431 e. The predicted octanol–water partition coefficient (Wildman–Crippen LogP) is 2.42. The Morgan fingerprint density at radius 3 is 2.18 bits per heavy atom. The molecule has 0 rings (SSSR count). The smallest absolute Gasteiger partial charge is 0.0431 e. The molecule has 1 nitrogen and oxygen atoms in total. The first-order valence-corrected chi connectivity index (χ1v) is 7.56. The van der Waals surface area contributed by atoms with Crippen molar-refractivity contribution in [2.75, 3.05) is 6.61 Å². The van der Waals surface area contributed by atoms with E-state index in [-0.39, 0.29) is 0 Å². The Balaban J connectivity index is 3.88. The molecule has 0 aliphatic heterocycles. The van der Waals surface area contributed by atoms with Gasteiger partial charge in [0.15, 0.2) is 0 Å². The van der Waals surface area contributed by atoms with Crippen LogP contribution < -0.4 is 0 Å². The minimum atomic E-state index is -0.543. The van der Waals surface area contributed by atoms with Crippen LogP contribution in [0, 0.1) is 0 Å². The summed E-state index contributed by atoms with van der Waals surface area (Å²) in [7, 11) is -0.543. The molecule has 68 valence electrons. The Morgan fingerprint density at radius 1 is 1.36 bits per heavy atom. The number of hydrogen-bond donors (Lipinski definition) is 1. The van der Waals surface area contributed by atoms with Gasteiger partial charge in [0.1, 0.15) is 0 Å². The quantitative estimate of drug-likeness (QED) is 0.635. The van der Waals surface area contributed by atoms with Crippen LogP contribution in [0.15, 0.2) is 0 Å². The van der Waals surface area contributed by atoms with Gasteiger partial charge < -0.3 is 5.11 Å². The van der Waals surface area contributed by atoms with Crippen LogP contribution in [0.5, 0.6) is 0 Å². The maximum atomic E-state index is 8.72. The molecule has 0 saturated heterocycles. The first kappa shape index (κ1) is 11.2. The van der Waals surface area contributed by atoms with Crippen LogP contribution in [-0.4, -0.2) is 20.5 Å². The molecule has 0 spiro atoms. The van der Waals surface area contributed by atoms with Crippen molar-refractivity contribution in [3.63, 3.8) is 0 Å². The Morgan fingerprint density at radius 2 is 1.91 bits per heavy atom. The molecule has 1 unspecified atom stereocenters. The number of aliphatic hydroxyl groups is 1. The van der Waals surface area contributed by atoms with E-state index in [1.807, 2.05) is 0 Å². The lowest BCUT2D eigenvalue weighted by Gasteiger charge is -2.31. The second-order valence-electron chi connectivity index (χ2n) is 3.99. The first-order valence-electron chi connectivity index (χ1n) is 4.67. The molecule has 0 aromatic carbocycles. The van der Waals surface area contributed by atoms with Gasteiger partial charge in [-0.15, -0.1) is 0 Å². The molecular formula is C9H22OSi. The number of rotatable bonds is 5. The third-order valence-electron chi connectivity index (χ3n) is 3.11. The van der Waals surface area contributed by atoms with Gasteiger partial charge in [-0.1, -0.05) is 33.4 Å². The van der Waals surface area contributed by atoms with Crippen LogP contribution in [0.25, 0.3) is 0 Å². The monoisotopic (exact) mass is 174 g/mol. The third-order valence-corrected chi connectivity index (χ3v) is 6.59. The minimum absolute atomic E-state index is 0.358. The lowest BCUT2D eigenvalue weighted by molar-refractivity contribution is 0.274. The fourth-order valence-electron chi connectivity index (χ4n) is 1.36. The molecule has 1 N–H and O–H groups in total. The molecular weight excluding hydrogens is 152 g/mol. The van der Waals surface area contributed by atoms with Gasteiger partial charge in [0.25, 0.3) is 0 Å². The van der Waals surface area contributed by atoms with Crippen LogP contribution in [-0.2, 0) is 0 Å². The van der Waals surface area contributed by atoms with E-state index in [1.165, 1.54) is 12.8 Å². The molecule has 0 bridgehead atoms. The van der Waals surface area contributed by atoms with Crippen molar-refractivity contribution in [1.82, 2.24) is 0 Å². The van der Waals surface area contributed by atoms with Crippen molar-refractivity contribution in [2.24, 2.45) is 0 Å². The fourth-order valence-corrected chi connectivity index (χ4v) is 2.95. The van der Waals surface area contributed by atoms with Gasteiger partial charge in [0.2, 0.25) is 0 Å². The second kappa shape index (κ2) is 4.94. The highest BCUT2D eigenvalue weighted by Crippen LogP contribution is 2.38. The molecule has 0 aliphatic rings. The van der Waals surface area contributed by atoms with E-state index in [1.54, 1.807) is 0 Å². The summed E-state index contributed by atoms with van der Waals surface area (Å²) in [4.78, 5) is 0. The van der Waals surface area contributed by atoms with E-state index in [0.717, 1.165) is 6.42 Å². The van der Waals surface area contributed by atoms with Crippen LogP contribution in [0.3, 0.4) is 0 Å². The van der Waals surface area contributed by atoms with Crippen LogP contribution in [0.1, 0.15) is 33.1 Å². The molecule has 2 heteroatoms. The molecule has 0 aromatic heterocycles. The van der Waals surface area contributed by atoms with E-state index in [2.05, 4.69) is 26.9 Å². The van der Waals surface area contributed by atoms with Crippen molar-refractivity contribution in [1.29, 1.82) is 0 Å². The lowest BCUT2D eigenvalue weighted by Crippen LogP contribution is -2.23. The first-order chi connectivity index (χ1) is 5.06. The largest absolute Gasteiger partial charge is 0.396 e. The highest BCUT2D eigenvalue weighted by molar-refractivity contribution is 6.59. The predicted molar refractivity (Wildman–Crippen MR) is 53.9 cm³/mol. The Hall–Kier alpha value is 0.177. The minimum Gasteiger partial charge on any atom is -0.396 e. The summed E-state index contributed by atoms with van der Waals surface area (Å²) in [5.41, 5.74) is 0. The van der Waals surface area contributed by atoms with E-state index in [0.29, 0.717) is 11.6 Å². The van der Waals surface area contributed by atoms with Crippen molar-refractivity contribution in [3.8, 4) is 0 Å². The van der Waals surface area contributed by atoms with E-state index in [9.17, 15) is 0 Å². The lowest BCUT2D eigenvalue weighted by atomic mass is 10.0. The molecule has 0 heterocycles. The molecule has 0 aromatic rings. The Labute approximate surface area is 72.4 Å². The summed E-state index contributed by atoms with van der Waals surface area (Å²) in [6, 6.07) is 0. The highest BCUT2D eigenvalue weighted by atomic mass is 28.3. The fraction of sp³-hybridized carbons (Fsp3) is 1.00. The summed E-state index contributed by atoms with van der Waals surface area (Å²) < 4.78 is 0. The zero-order valence-corrected chi connectivity index (χ0v) is 9.51. The standard InChI is InChI=1S/C9H22OSi/c1-5-9(2,11(3)4)7-6-8-10/h10-11H,5-8H2,1-4H3. The van der Waals surface area contributed by atoms with Gasteiger partial charge in [0, 0.05) is 15.4 Å². The normalized spacial score (nSPS) is 16.9. The molecule has 0 radical (unpaired) electrons. The molecule has 1 atom stereocenters. The second-order valence-corrected chi connectivity index (χ2v) is 7.69. The highest BCUT2D eigenvalue weighted by Gasteiger charge is 2.25. The molecule has 11 heavy (non-hydrogen) atoms. The van der Waals surface area contributed by atoms with Gasteiger partial charge in [-0.2, -0.15) is 0 Å². The van der Waals surface area contributed by atoms with Gasteiger partial charge in [-0.25, -0.2) is 0 Å². The summed E-state index contributed by atoms with van der Waals surface area (Å²) in [5.74, 6) is 0. The van der Waals surface area contributed by atoms with Crippen molar-refractivity contribution >= 4 is 8.80 Å². The van der Waals surface area contributed by atoms with Gasteiger partial charge >= 0.3 is 0 Å². The van der Waals surface area contributed by atoms with Crippen LogP contribution >= 0.6 is 0 Å². The molecule has 0 amide bonds. The summed E-state index contributed by atoms with van der Waals surface area (Å²) in [6.45, 7) is 9.81. The third kappa shape index (κ3) is 3.39. The van der Waals surface area contributed by atoms with Gasteiger partial charge in [-0.3, -0.25) is 0 Å². The molecule has 0 fully saturated rings. The SMILES string of the molecule is CCC(C)(CCCO)[SiH](C)C. The summed E-state index contributed by atoms with van der Waals surface area (Å²) >= 11 is 0. The summed E-state index contributed by atoms with van der Waals surface area (Å²) in [5, 5.41) is 9.29. The van der Waals surface area contributed by atoms with Gasteiger partial charge in [-0.05, 0) is 17.9 Å². The van der Waals surface area contributed by atoms with Crippen molar-refractivity contribution < 1.29 is 5.11 Å². The zero-order chi connectivity index (χ0) is 8.91. The molecule has 0 saturated carbocycles. The van der Waals surface area contributed by atoms with E-state index >= 15 is 0 Å². The number of hydrogen-bond acceptors (Lipinski definition) is 1. The average molecular weight is 174 g/mol. The van der Waals surface area contributed by atoms with Crippen molar-refractivity contribution in [3.05, 3.63) is 0 Å². The van der Waals surface area contributed by atoms with Crippen molar-refractivity contribution in [2.45, 2.75) is 51.2 Å². The Kier molecular flexibility index (Phi) is 5.02. The Bertz CT molecular complexity index is 104. The summed E-state index contributed by atoms with van der Waals surface area (Å²) in [6.07, 6.45) is 3.47. The zero-order valence-electron chi connectivity index (χ0n) is 8.35. The van der Waals surface area contributed by atoms with Gasteiger partial charge in [0.05, 0.1) is 0 Å². The topological polar surface area (TPSA) is 20.2 Å². The maximum absolute atomic E-state index is 8.72. The van der Waals surface area contributed by atoms with E-state index in [4.69, 9.17) is 5.11 Å². The molecule has 0 aliphatic carbocycles.